The Labute approximate surface area is 177 Å². The molecule has 0 saturated heterocycles. The summed E-state index contributed by atoms with van der Waals surface area (Å²) in [6, 6.07) is 13.3. The van der Waals surface area contributed by atoms with Crippen LogP contribution in [0.5, 0.6) is 0 Å². The number of nitrogens with one attached hydrogen (secondary N) is 1. The molecule has 0 radical (unpaired) electrons. The lowest BCUT2D eigenvalue weighted by molar-refractivity contribution is 0.0953. The highest BCUT2D eigenvalue weighted by Gasteiger charge is 2.14. The summed E-state index contributed by atoms with van der Waals surface area (Å²) in [4.78, 5) is 34.2. The van der Waals surface area contributed by atoms with Gasteiger partial charge in [-0.2, -0.15) is 0 Å². The van der Waals surface area contributed by atoms with Crippen LogP contribution in [0.3, 0.4) is 0 Å². The third kappa shape index (κ3) is 3.22. The quantitative estimate of drug-likeness (QED) is 0.490. The molecule has 31 heavy (non-hydrogen) atoms. The smallest absolute Gasteiger partial charge is 0.350 e. The lowest BCUT2D eigenvalue weighted by atomic mass is 10.1. The second-order valence-corrected chi connectivity index (χ2v) is 7.54. The van der Waals surface area contributed by atoms with Crippen molar-refractivity contribution in [1.82, 2.24) is 29.5 Å². The largest absolute Gasteiger partial charge is 0.350 e. The number of benzene rings is 2. The summed E-state index contributed by atoms with van der Waals surface area (Å²) < 4.78 is 3.03. The molecule has 0 fully saturated rings. The van der Waals surface area contributed by atoms with Gasteiger partial charge in [0.15, 0.2) is 5.65 Å². The minimum atomic E-state index is -0.264. The number of amides is 1. The van der Waals surface area contributed by atoms with Gasteiger partial charge in [-0.1, -0.05) is 18.2 Å². The van der Waals surface area contributed by atoms with Crippen molar-refractivity contribution in [2.75, 3.05) is 6.54 Å². The van der Waals surface area contributed by atoms with Gasteiger partial charge in [0.1, 0.15) is 5.52 Å². The van der Waals surface area contributed by atoms with Crippen molar-refractivity contribution >= 4 is 33.5 Å². The van der Waals surface area contributed by atoms with E-state index in [-0.39, 0.29) is 24.7 Å². The van der Waals surface area contributed by atoms with Crippen LogP contribution in [0.15, 0.2) is 59.7 Å². The lowest BCUT2D eigenvalue weighted by Crippen LogP contribution is -2.31. The summed E-state index contributed by atoms with van der Waals surface area (Å²) in [5.74, 6) is -0.264. The Morgan fingerprint density at radius 3 is 2.77 bits per heavy atom. The third-order valence-corrected chi connectivity index (χ3v) is 5.34. The van der Waals surface area contributed by atoms with E-state index in [1.165, 1.54) is 4.68 Å². The third-order valence-electron chi connectivity index (χ3n) is 5.34. The summed E-state index contributed by atoms with van der Waals surface area (Å²) in [6.07, 6.45) is 3.15. The molecule has 5 rings (SSSR count). The zero-order valence-corrected chi connectivity index (χ0v) is 17.2. The first-order valence-electron chi connectivity index (χ1n) is 10.0. The first-order chi connectivity index (χ1) is 15.0. The van der Waals surface area contributed by atoms with Crippen LogP contribution < -0.4 is 11.0 Å². The predicted octanol–water partition coefficient (Wildman–Crippen LogP) is 2.64. The van der Waals surface area contributed by atoms with Crippen LogP contribution in [0.4, 0.5) is 0 Å². The fourth-order valence-corrected chi connectivity index (χ4v) is 3.84. The molecule has 8 heteroatoms. The Kier molecular flexibility index (Phi) is 4.47. The monoisotopic (exact) mass is 412 g/mol. The second kappa shape index (κ2) is 7.32. The zero-order valence-electron chi connectivity index (χ0n) is 17.2. The van der Waals surface area contributed by atoms with Crippen molar-refractivity contribution in [3.8, 4) is 0 Å². The molecular weight excluding hydrogens is 392 g/mol. The SMILES string of the molecule is Cc1ccc2cc(C)c3nn(CCNC(=O)c4cccc5nccnc45)c(=O)n3c2c1. The molecule has 0 aliphatic heterocycles. The number of aryl methyl sites for hydroxylation is 2. The Bertz CT molecular complexity index is 1530. The summed E-state index contributed by atoms with van der Waals surface area (Å²) in [7, 11) is 0. The summed E-state index contributed by atoms with van der Waals surface area (Å²) in [5, 5.41) is 8.35. The molecule has 0 unspecified atom stereocenters. The Morgan fingerprint density at radius 2 is 1.90 bits per heavy atom. The first kappa shape index (κ1) is 18.9. The van der Waals surface area contributed by atoms with Crippen molar-refractivity contribution < 1.29 is 4.79 Å². The lowest BCUT2D eigenvalue weighted by Gasteiger charge is -2.06. The van der Waals surface area contributed by atoms with Gasteiger partial charge in [0.25, 0.3) is 5.91 Å². The number of aromatic nitrogens is 5. The van der Waals surface area contributed by atoms with Gasteiger partial charge in [-0.15, -0.1) is 5.10 Å². The molecule has 1 amide bonds. The van der Waals surface area contributed by atoms with Crippen LogP contribution >= 0.6 is 0 Å². The number of pyridine rings is 1. The number of nitrogens with zero attached hydrogens (tertiary/aromatic N) is 5. The van der Waals surface area contributed by atoms with Gasteiger partial charge in [0, 0.05) is 18.9 Å². The standard InChI is InChI=1S/C23H20N6O2/c1-14-6-7-16-13-15(2)21-27-28(23(31)29(21)19(16)12-14)11-10-26-22(30)17-4-3-5-18-20(17)25-9-8-24-18/h3-9,12-13H,10-11H2,1-2H3,(H,26,30). The Hall–Kier alpha value is -4.07. The molecule has 5 aromatic rings. The van der Waals surface area contributed by atoms with Crippen LogP contribution in [-0.2, 0) is 6.54 Å². The minimum Gasteiger partial charge on any atom is -0.350 e. The normalized spacial score (nSPS) is 11.4. The number of hydrogen-bond donors (Lipinski definition) is 1. The van der Waals surface area contributed by atoms with Crippen LogP contribution in [-0.4, -0.2) is 36.6 Å². The fraction of sp³-hybridized carbons (Fsp3) is 0.174. The number of carbonyl (C=O) groups is 1. The van der Waals surface area contributed by atoms with Crippen molar-refractivity contribution in [3.63, 3.8) is 0 Å². The molecule has 3 heterocycles. The van der Waals surface area contributed by atoms with Gasteiger partial charge < -0.3 is 5.32 Å². The second-order valence-electron chi connectivity index (χ2n) is 7.54. The van der Waals surface area contributed by atoms with E-state index in [9.17, 15) is 9.59 Å². The highest BCUT2D eigenvalue weighted by Crippen LogP contribution is 2.19. The van der Waals surface area contributed by atoms with Gasteiger partial charge in [-0.3, -0.25) is 14.8 Å². The van der Waals surface area contributed by atoms with Crippen molar-refractivity contribution in [2.24, 2.45) is 0 Å². The first-order valence-corrected chi connectivity index (χ1v) is 10.0. The Balaban J connectivity index is 1.42. The predicted molar refractivity (Wildman–Crippen MR) is 118 cm³/mol. The number of carbonyl (C=O) groups excluding carboxylic acids is 1. The highest BCUT2D eigenvalue weighted by atomic mass is 16.2. The molecule has 0 aliphatic rings. The summed E-state index contributed by atoms with van der Waals surface area (Å²) in [5.41, 5.74) is 4.88. The van der Waals surface area contributed by atoms with Crippen LogP contribution in [0.2, 0.25) is 0 Å². The van der Waals surface area contributed by atoms with Gasteiger partial charge in [-0.05, 0) is 54.6 Å². The zero-order chi connectivity index (χ0) is 21.5. The summed E-state index contributed by atoms with van der Waals surface area (Å²) in [6.45, 7) is 4.45. The maximum atomic E-state index is 13.1. The molecule has 0 saturated carbocycles. The van der Waals surface area contributed by atoms with Crippen molar-refractivity contribution in [3.05, 3.63) is 82.0 Å². The molecule has 0 bridgehead atoms. The number of hydrogen-bond acceptors (Lipinski definition) is 5. The molecule has 0 spiro atoms. The topological polar surface area (TPSA) is 94.2 Å². The molecule has 1 N–H and O–H groups in total. The van der Waals surface area contributed by atoms with Crippen molar-refractivity contribution in [1.29, 1.82) is 0 Å². The van der Waals surface area contributed by atoms with E-state index in [2.05, 4.69) is 20.4 Å². The van der Waals surface area contributed by atoms with E-state index < -0.39 is 0 Å². The van der Waals surface area contributed by atoms with Gasteiger partial charge in [0.2, 0.25) is 0 Å². The van der Waals surface area contributed by atoms with E-state index in [1.807, 2.05) is 44.2 Å². The maximum Gasteiger partial charge on any atom is 0.350 e. The molecular formula is C23H20N6O2. The van der Waals surface area contributed by atoms with Crippen molar-refractivity contribution in [2.45, 2.75) is 20.4 Å². The molecule has 2 aromatic carbocycles. The maximum absolute atomic E-state index is 13.1. The molecule has 8 nitrogen and oxygen atoms in total. The molecule has 154 valence electrons. The highest BCUT2D eigenvalue weighted by molar-refractivity contribution is 6.04. The number of para-hydroxylation sites is 1. The van der Waals surface area contributed by atoms with E-state index in [0.717, 1.165) is 22.0 Å². The van der Waals surface area contributed by atoms with E-state index in [4.69, 9.17) is 0 Å². The Morgan fingerprint density at radius 1 is 1.06 bits per heavy atom. The minimum absolute atomic E-state index is 0.223. The fourth-order valence-electron chi connectivity index (χ4n) is 3.84. The number of fused-ring (bicyclic) bond motifs is 4. The average molecular weight is 412 g/mol. The van der Waals surface area contributed by atoms with Crippen LogP contribution in [0.1, 0.15) is 21.5 Å². The average Bonchev–Trinajstić information content (AvgIpc) is 3.11. The summed E-state index contributed by atoms with van der Waals surface area (Å²) >= 11 is 0. The van der Waals surface area contributed by atoms with Gasteiger partial charge >= 0.3 is 5.69 Å². The number of rotatable bonds is 4. The van der Waals surface area contributed by atoms with Gasteiger partial charge in [0.05, 0.1) is 23.1 Å². The van der Waals surface area contributed by atoms with E-state index in [0.29, 0.717) is 22.2 Å². The van der Waals surface area contributed by atoms with Gasteiger partial charge in [-0.25, -0.2) is 13.9 Å². The van der Waals surface area contributed by atoms with E-state index in [1.54, 1.807) is 28.9 Å². The molecule has 3 aromatic heterocycles. The van der Waals surface area contributed by atoms with Crippen LogP contribution in [0.25, 0.3) is 27.6 Å². The molecule has 0 atom stereocenters. The van der Waals surface area contributed by atoms with Crippen LogP contribution in [0, 0.1) is 13.8 Å². The van der Waals surface area contributed by atoms with E-state index >= 15 is 0 Å². The molecule has 0 aliphatic carbocycles.